The molecule has 0 aliphatic heterocycles. The maximum atomic E-state index is 5.81. The normalized spacial score (nSPS) is 12.1. The van der Waals surface area contributed by atoms with Gasteiger partial charge >= 0.3 is 0 Å². The lowest BCUT2D eigenvalue weighted by molar-refractivity contribution is 0.309. The van der Waals surface area contributed by atoms with Crippen LogP contribution in [-0.2, 0) is 11.2 Å². The second-order valence-corrected chi connectivity index (χ2v) is 6.57. The highest BCUT2D eigenvalue weighted by atomic mass is 16.5. The molecule has 1 aromatic carbocycles. The second kappa shape index (κ2) is 7.98. The molecule has 0 aliphatic carbocycles. The fourth-order valence-electron chi connectivity index (χ4n) is 3.12. The first-order valence-corrected chi connectivity index (χ1v) is 9.18. The number of imidazole rings is 1. The highest BCUT2D eigenvalue weighted by Gasteiger charge is 2.09. The van der Waals surface area contributed by atoms with Crippen molar-refractivity contribution in [1.82, 2.24) is 19.6 Å². The smallest absolute Gasteiger partial charge is 0.153 e. The number of ether oxygens (including phenoxy) is 1. The van der Waals surface area contributed by atoms with Crippen LogP contribution in [0.3, 0.4) is 0 Å². The summed E-state index contributed by atoms with van der Waals surface area (Å²) >= 11 is 0. The molecule has 2 N–H and O–H groups in total. The molecule has 0 atom stereocenters. The minimum absolute atomic E-state index is 0.541. The van der Waals surface area contributed by atoms with Gasteiger partial charge in [-0.05, 0) is 48.0 Å². The van der Waals surface area contributed by atoms with Gasteiger partial charge in [0, 0.05) is 29.8 Å². The SMILES string of the molecule is C=C(/C=C\C(=C/N)c1ccc2ncc(Cc3ccc4ncccc4c3)n2n1)OC. The van der Waals surface area contributed by atoms with Gasteiger partial charge in [-0.2, -0.15) is 5.10 Å². The van der Waals surface area contributed by atoms with Crippen LogP contribution in [0.25, 0.3) is 22.1 Å². The molecule has 144 valence electrons. The summed E-state index contributed by atoms with van der Waals surface area (Å²) in [5.74, 6) is 0.541. The molecule has 6 heteroatoms. The monoisotopic (exact) mass is 383 g/mol. The summed E-state index contributed by atoms with van der Waals surface area (Å²) in [5.41, 5.74) is 11.2. The van der Waals surface area contributed by atoms with Gasteiger partial charge in [0.1, 0.15) is 5.76 Å². The van der Waals surface area contributed by atoms with Crippen LogP contribution >= 0.6 is 0 Å². The zero-order valence-corrected chi connectivity index (χ0v) is 16.1. The number of methoxy groups -OCH3 is 1. The summed E-state index contributed by atoms with van der Waals surface area (Å²) in [6.45, 7) is 3.78. The van der Waals surface area contributed by atoms with Crippen LogP contribution in [0.4, 0.5) is 0 Å². The Hall–Kier alpha value is -3.93. The number of fused-ring (bicyclic) bond motifs is 2. The Labute approximate surface area is 168 Å². The van der Waals surface area contributed by atoms with E-state index in [1.807, 2.05) is 41.1 Å². The maximum absolute atomic E-state index is 5.81. The van der Waals surface area contributed by atoms with Crippen molar-refractivity contribution < 1.29 is 4.74 Å². The van der Waals surface area contributed by atoms with Crippen molar-refractivity contribution in [1.29, 1.82) is 0 Å². The molecule has 29 heavy (non-hydrogen) atoms. The molecule has 4 aromatic rings. The number of nitrogens with two attached hydrogens (primary N) is 1. The van der Waals surface area contributed by atoms with Gasteiger partial charge in [-0.15, -0.1) is 0 Å². The molecule has 0 saturated heterocycles. The molecule has 0 aliphatic rings. The first kappa shape index (κ1) is 18.4. The number of hydrogen-bond donors (Lipinski definition) is 1. The van der Waals surface area contributed by atoms with Crippen LogP contribution in [0.5, 0.6) is 0 Å². The lowest BCUT2D eigenvalue weighted by Gasteiger charge is -2.06. The number of allylic oxidation sites excluding steroid dienone is 3. The summed E-state index contributed by atoms with van der Waals surface area (Å²) in [5, 5.41) is 5.86. The minimum Gasteiger partial charge on any atom is -0.497 e. The Balaban J connectivity index is 1.67. The van der Waals surface area contributed by atoms with Crippen molar-refractivity contribution in [3.05, 3.63) is 102 Å². The van der Waals surface area contributed by atoms with Crippen molar-refractivity contribution in [2.45, 2.75) is 6.42 Å². The molecule has 0 amide bonds. The van der Waals surface area contributed by atoms with Crippen LogP contribution in [-0.4, -0.2) is 26.7 Å². The number of rotatable bonds is 6. The highest BCUT2D eigenvalue weighted by molar-refractivity contribution is 5.79. The standard InChI is InChI=1S/C23H21N5O/c1-16(29-2)5-7-19(14-24)22-9-10-23-26-15-20(28(23)27-22)13-17-6-8-21-18(12-17)4-3-11-25-21/h3-12,14-15H,1,13,24H2,2H3/b7-5-,19-14+. The first-order valence-electron chi connectivity index (χ1n) is 9.18. The van der Waals surface area contributed by atoms with E-state index in [9.17, 15) is 0 Å². The van der Waals surface area contributed by atoms with E-state index < -0.39 is 0 Å². The van der Waals surface area contributed by atoms with E-state index in [1.165, 1.54) is 11.8 Å². The van der Waals surface area contributed by atoms with E-state index in [0.717, 1.165) is 33.5 Å². The molecular weight excluding hydrogens is 362 g/mol. The highest BCUT2D eigenvalue weighted by Crippen LogP contribution is 2.19. The lowest BCUT2D eigenvalue weighted by atomic mass is 10.1. The predicted octanol–water partition coefficient (Wildman–Crippen LogP) is 3.88. The quantitative estimate of drug-likeness (QED) is 0.404. The molecule has 0 spiro atoms. The maximum Gasteiger partial charge on any atom is 0.153 e. The van der Waals surface area contributed by atoms with Crippen LogP contribution in [0, 0.1) is 0 Å². The van der Waals surface area contributed by atoms with Gasteiger partial charge in [-0.3, -0.25) is 4.98 Å². The van der Waals surface area contributed by atoms with Crippen molar-refractivity contribution in [2.24, 2.45) is 5.73 Å². The third kappa shape index (κ3) is 3.87. The Bertz CT molecular complexity index is 1250. The number of aromatic nitrogens is 4. The van der Waals surface area contributed by atoms with Gasteiger partial charge in [0.25, 0.3) is 0 Å². The summed E-state index contributed by atoms with van der Waals surface area (Å²) < 4.78 is 6.92. The fraction of sp³-hybridized carbons (Fsp3) is 0.0870. The molecule has 0 radical (unpaired) electrons. The fourth-order valence-corrected chi connectivity index (χ4v) is 3.12. The summed E-state index contributed by atoms with van der Waals surface area (Å²) in [4.78, 5) is 8.85. The molecule has 0 saturated carbocycles. The number of benzene rings is 1. The van der Waals surface area contributed by atoms with Crippen LogP contribution in [0.1, 0.15) is 17.0 Å². The molecular formula is C23H21N5O. The molecule has 3 aromatic heterocycles. The third-order valence-corrected chi connectivity index (χ3v) is 4.67. The van der Waals surface area contributed by atoms with Gasteiger partial charge in [0.2, 0.25) is 0 Å². The predicted molar refractivity (Wildman–Crippen MR) is 115 cm³/mol. The summed E-state index contributed by atoms with van der Waals surface area (Å²) in [6, 6.07) is 14.1. The first-order chi connectivity index (χ1) is 14.2. The van der Waals surface area contributed by atoms with Crippen molar-refractivity contribution in [3.8, 4) is 0 Å². The minimum atomic E-state index is 0.541. The Morgan fingerprint density at radius 3 is 2.90 bits per heavy atom. The van der Waals surface area contributed by atoms with Crippen LogP contribution < -0.4 is 5.73 Å². The molecule has 3 heterocycles. The van der Waals surface area contributed by atoms with E-state index in [4.69, 9.17) is 15.6 Å². The number of pyridine rings is 1. The largest absolute Gasteiger partial charge is 0.497 e. The van der Waals surface area contributed by atoms with Crippen LogP contribution in [0.2, 0.25) is 0 Å². The Kier molecular flexibility index (Phi) is 5.07. The van der Waals surface area contributed by atoms with Gasteiger partial charge < -0.3 is 10.5 Å². The van der Waals surface area contributed by atoms with Crippen molar-refractivity contribution >= 4 is 22.1 Å². The Morgan fingerprint density at radius 1 is 1.17 bits per heavy atom. The van der Waals surface area contributed by atoms with Gasteiger partial charge in [0.15, 0.2) is 5.65 Å². The number of hydrogen-bond acceptors (Lipinski definition) is 5. The second-order valence-electron chi connectivity index (χ2n) is 6.57. The molecule has 4 rings (SSSR count). The van der Waals surface area contributed by atoms with Crippen molar-refractivity contribution in [2.75, 3.05) is 7.11 Å². The van der Waals surface area contributed by atoms with Crippen molar-refractivity contribution in [3.63, 3.8) is 0 Å². The average Bonchev–Trinajstić information content (AvgIpc) is 3.16. The summed E-state index contributed by atoms with van der Waals surface area (Å²) in [7, 11) is 1.57. The zero-order chi connectivity index (χ0) is 20.2. The Morgan fingerprint density at radius 2 is 2.07 bits per heavy atom. The lowest BCUT2D eigenvalue weighted by Crippen LogP contribution is -2.02. The van der Waals surface area contributed by atoms with Gasteiger partial charge in [-0.1, -0.05) is 18.7 Å². The molecule has 0 fully saturated rings. The molecule has 0 unspecified atom stereocenters. The van der Waals surface area contributed by atoms with E-state index in [2.05, 4.69) is 34.7 Å². The van der Waals surface area contributed by atoms with E-state index >= 15 is 0 Å². The van der Waals surface area contributed by atoms with E-state index in [1.54, 1.807) is 19.4 Å². The number of nitrogens with zero attached hydrogens (tertiary/aromatic N) is 4. The van der Waals surface area contributed by atoms with E-state index in [-0.39, 0.29) is 0 Å². The third-order valence-electron chi connectivity index (χ3n) is 4.67. The topological polar surface area (TPSA) is 78.3 Å². The zero-order valence-electron chi connectivity index (χ0n) is 16.1. The van der Waals surface area contributed by atoms with E-state index in [0.29, 0.717) is 12.2 Å². The molecule has 6 nitrogen and oxygen atoms in total. The van der Waals surface area contributed by atoms with Gasteiger partial charge in [0.05, 0.1) is 30.2 Å². The summed E-state index contributed by atoms with van der Waals surface area (Å²) in [6.07, 6.45) is 9.46. The molecule has 0 bridgehead atoms. The van der Waals surface area contributed by atoms with Crippen LogP contribution in [0.15, 0.2) is 85.5 Å². The average molecular weight is 383 g/mol. The van der Waals surface area contributed by atoms with Gasteiger partial charge in [-0.25, -0.2) is 9.50 Å².